The molecule has 1 amide bonds. The quantitative estimate of drug-likeness (QED) is 0.820. The number of anilines is 1. The summed E-state index contributed by atoms with van der Waals surface area (Å²) in [6.45, 7) is 7.38. The van der Waals surface area contributed by atoms with Gasteiger partial charge in [-0.05, 0) is 44.7 Å². The number of benzene rings is 1. The highest BCUT2D eigenvalue weighted by atomic mass is 16.6. The van der Waals surface area contributed by atoms with Gasteiger partial charge in [-0.25, -0.2) is 9.59 Å². The van der Waals surface area contributed by atoms with E-state index in [0.29, 0.717) is 12.1 Å². The standard InChI is InChI=1S/C20H25NO4/c1-5-12-8-6-10-14-13-9-7-11-15(13)17(18(22)23)21(16(12)14)19(24)25-20(2,3)4/h6-10,13,15,17H,5,11H2,1-4H3,(H,22,23)/t13-,15-,17+/m0/s1. The molecule has 134 valence electrons. The molecule has 0 fully saturated rings. The van der Waals surface area contributed by atoms with Crippen LogP contribution in [0.15, 0.2) is 30.4 Å². The monoisotopic (exact) mass is 343 g/mol. The fraction of sp³-hybridized carbons (Fsp3) is 0.500. The topological polar surface area (TPSA) is 66.8 Å². The number of carboxylic acids is 1. The van der Waals surface area contributed by atoms with E-state index in [-0.39, 0.29) is 11.8 Å². The lowest BCUT2D eigenvalue weighted by Crippen LogP contribution is -2.54. The van der Waals surface area contributed by atoms with E-state index in [0.717, 1.165) is 17.5 Å². The third-order valence-corrected chi connectivity index (χ3v) is 4.87. The van der Waals surface area contributed by atoms with Crippen LogP contribution in [0.5, 0.6) is 0 Å². The summed E-state index contributed by atoms with van der Waals surface area (Å²) < 4.78 is 5.57. The summed E-state index contributed by atoms with van der Waals surface area (Å²) >= 11 is 0. The summed E-state index contributed by atoms with van der Waals surface area (Å²) in [7, 11) is 0. The summed E-state index contributed by atoms with van der Waals surface area (Å²) in [5.74, 6) is -1.12. The normalized spacial score (nSPS) is 24.6. The van der Waals surface area contributed by atoms with E-state index in [1.54, 1.807) is 20.8 Å². The number of fused-ring (bicyclic) bond motifs is 3. The maximum absolute atomic E-state index is 13.0. The first-order valence-corrected chi connectivity index (χ1v) is 8.78. The Bertz CT molecular complexity index is 732. The average molecular weight is 343 g/mol. The van der Waals surface area contributed by atoms with Crippen molar-refractivity contribution >= 4 is 17.7 Å². The van der Waals surface area contributed by atoms with E-state index in [9.17, 15) is 14.7 Å². The molecule has 25 heavy (non-hydrogen) atoms. The molecule has 0 unspecified atom stereocenters. The van der Waals surface area contributed by atoms with Crippen molar-refractivity contribution in [2.75, 3.05) is 4.90 Å². The van der Waals surface area contributed by atoms with Crippen LogP contribution in [0, 0.1) is 5.92 Å². The lowest BCUT2D eigenvalue weighted by Gasteiger charge is -2.43. The van der Waals surface area contributed by atoms with Gasteiger partial charge in [-0.1, -0.05) is 37.3 Å². The molecule has 1 aliphatic heterocycles. The van der Waals surface area contributed by atoms with E-state index >= 15 is 0 Å². The van der Waals surface area contributed by atoms with Crippen LogP contribution in [0.3, 0.4) is 0 Å². The van der Waals surface area contributed by atoms with Crippen LogP contribution in [0.1, 0.15) is 51.2 Å². The molecule has 5 nitrogen and oxygen atoms in total. The third-order valence-electron chi connectivity index (χ3n) is 4.87. The number of carbonyl (C=O) groups excluding carboxylic acids is 1. The van der Waals surface area contributed by atoms with Gasteiger partial charge in [0.2, 0.25) is 0 Å². The Morgan fingerprint density at radius 1 is 1.32 bits per heavy atom. The summed E-state index contributed by atoms with van der Waals surface area (Å²) in [5, 5.41) is 9.91. The van der Waals surface area contributed by atoms with E-state index in [1.165, 1.54) is 4.90 Å². The molecule has 1 aromatic rings. The van der Waals surface area contributed by atoms with Gasteiger partial charge >= 0.3 is 12.1 Å². The molecular formula is C20H25NO4. The van der Waals surface area contributed by atoms with Crippen molar-refractivity contribution in [3.63, 3.8) is 0 Å². The van der Waals surface area contributed by atoms with Gasteiger partial charge in [0.1, 0.15) is 11.6 Å². The van der Waals surface area contributed by atoms with Crippen molar-refractivity contribution < 1.29 is 19.4 Å². The van der Waals surface area contributed by atoms with Gasteiger partial charge < -0.3 is 9.84 Å². The van der Waals surface area contributed by atoms with Crippen molar-refractivity contribution in [1.82, 2.24) is 0 Å². The minimum Gasteiger partial charge on any atom is -0.480 e. The first kappa shape index (κ1) is 17.5. The summed E-state index contributed by atoms with van der Waals surface area (Å²) in [6.07, 6.45) is 4.87. The molecule has 0 saturated carbocycles. The molecule has 0 radical (unpaired) electrons. The lowest BCUT2D eigenvalue weighted by molar-refractivity contribution is -0.140. The Hall–Kier alpha value is -2.30. The summed E-state index contributed by atoms with van der Waals surface area (Å²) in [6, 6.07) is 5.01. The van der Waals surface area contributed by atoms with Crippen molar-refractivity contribution in [3.8, 4) is 0 Å². The highest BCUT2D eigenvalue weighted by Crippen LogP contribution is 2.49. The van der Waals surface area contributed by atoms with Crippen LogP contribution < -0.4 is 4.90 Å². The first-order chi connectivity index (χ1) is 11.7. The van der Waals surface area contributed by atoms with Gasteiger partial charge in [-0.15, -0.1) is 0 Å². The van der Waals surface area contributed by atoms with Crippen molar-refractivity contribution in [1.29, 1.82) is 0 Å². The SMILES string of the molecule is CCc1cccc2c1N(C(=O)OC(C)(C)C)[C@@H](C(=O)O)[C@H]1CC=C[C@@H]21. The molecule has 2 aliphatic rings. The van der Waals surface area contributed by atoms with Gasteiger partial charge in [0, 0.05) is 11.8 Å². The van der Waals surface area contributed by atoms with Gasteiger partial charge in [0.05, 0.1) is 5.69 Å². The third kappa shape index (κ3) is 3.03. The predicted octanol–water partition coefficient (Wildman–Crippen LogP) is 4.12. The largest absolute Gasteiger partial charge is 0.480 e. The Kier molecular flexibility index (Phi) is 4.35. The number of carboxylic acid groups (broad SMARTS) is 1. The zero-order chi connectivity index (χ0) is 18.4. The average Bonchev–Trinajstić information content (AvgIpc) is 3.00. The number of aryl methyl sites for hydroxylation is 1. The predicted molar refractivity (Wildman–Crippen MR) is 95.9 cm³/mol. The fourth-order valence-electron chi connectivity index (χ4n) is 3.93. The number of hydrogen-bond donors (Lipinski definition) is 1. The van der Waals surface area contributed by atoms with Crippen molar-refractivity contribution in [2.45, 2.75) is 58.1 Å². The summed E-state index contributed by atoms with van der Waals surface area (Å²) in [4.78, 5) is 26.5. The maximum atomic E-state index is 13.0. The number of amides is 1. The minimum absolute atomic E-state index is 0.0290. The number of rotatable bonds is 2. The molecule has 1 aromatic carbocycles. The Morgan fingerprint density at radius 2 is 2.04 bits per heavy atom. The van der Waals surface area contributed by atoms with E-state index < -0.39 is 23.7 Å². The van der Waals surface area contributed by atoms with Crippen LogP contribution in [0.25, 0.3) is 0 Å². The lowest BCUT2D eigenvalue weighted by atomic mass is 9.77. The van der Waals surface area contributed by atoms with Crippen LogP contribution in [0.4, 0.5) is 10.5 Å². The number of aliphatic carboxylic acids is 1. The molecule has 1 heterocycles. The fourth-order valence-corrected chi connectivity index (χ4v) is 3.93. The molecule has 3 atom stereocenters. The van der Waals surface area contributed by atoms with Gasteiger partial charge in [0.15, 0.2) is 0 Å². The van der Waals surface area contributed by atoms with E-state index in [1.807, 2.05) is 31.2 Å². The zero-order valence-corrected chi connectivity index (χ0v) is 15.2. The Balaban J connectivity index is 2.18. The number of allylic oxidation sites excluding steroid dienone is 2. The van der Waals surface area contributed by atoms with Gasteiger partial charge in [-0.2, -0.15) is 0 Å². The molecule has 3 rings (SSSR count). The molecular weight excluding hydrogens is 318 g/mol. The zero-order valence-electron chi connectivity index (χ0n) is 15.2. The van der Waals surface area contributed by atoms with Crippen molar-refractivity contribution in [3.05, 3.63) is 41.5 Å². The minimum atomic E-state index is -0.985. The first-order valence-electron chi connectivity index (χ1n) is 8.78. The number of nitrogens with zero attached hydrogens (tertiary/aromatic N) is 1. The molecule has 0 saturated heterocycles. The molecule has 0 aromatic heterocycles. The summed E-state index contributed by atoms with van der Waals surface area (Å²) in [5.41, 5.74) is 2.00. The Labute approximate surface area is 148 Å². The number of para-hydroxylation sites is 1. The second-order valence-corrected chi connectivity index (χ2v) is 7.70. The van der Waals surface area contributed by atoms with Gasteiger partial charge in [-0.3, -0.25) is 4.90 Å². The highest BCUT2D eigenvalue weighted by Gasteiger charge is 2.49. The van der Waals surface area contributed by atoms with Crippen molar-refractivity contribution in [2.24, 2.45) is 5.92 Å². The number of carbonyl (C=O) groups is 2. The van der Waals surface area contributed by atoms with Crippen LogP contribution >= 0.6 is 0 Å². The Morgan fingerprint density at radius 3 is 2.64 bits per heavy atom. The van der Waals surface area contributed by atoms with E-state index in [2.05, 4.69) is 6.08 Å². The molecule has 1 aliphatic carbocycles. The second kappa shape index (κ2) is 6.21. The molecule has 1 N–H and O–H groups in total. The van der Waals surface area contributed by atoms with Crippen LogP contribution in [0.2, 0.25) is 0 Å². The number of ether oxygens (including phenoxy) is 1. The molecule has 0 bridgehead atoms. The number of hydrogen-bond acceptors (Lipinski definition) is 3. The van der Waals surface area contributed by atoms with Gasteiger partial charge in [0.25, 0.3) is 0 Å². The van der Waals surface area contributed by atoms with E-state index in [4.69, 9.17) is 4.74 Å². The van der Waals surface area contributed by atoms with Crippen LogP contribution in [-0.4, -0.2) is 28.8 Å². The second-order valence-electron chi connectivity index (χ2n) is 7.70. The van der Waals surface area contributed by atoms with Crippen LogP contribution in [-0.2, 0) is 16.0 Å². The molecule has 0 spiro atoms. The molecule has 5 heteroatoms. The highest BCUT2D eigenvalue weighted by molar-refractivity contribution is 5.98. The smallest absolute Gasteiger partial charge is 0.415 e. The maximum Gasteiger partial charge on any atom is 0.415 e.